The average molecular weight is 316 g/mol. The van der Waals surface area contributed by atoms with Crippen molar-refractivity contribution in [2.24, 2.45) is 5.41 Å². The topological polar surface area (TPSA) is 60.9 Å². The standard InChI is InChI=1S/C18H24N2O3/c21-12-17(23)19-10-4-8-18(13-19)9-7-16(22)20(14-18)11-15-5-2-1-3-6-15/h1-3,5-6,21H,4,7-14H2/t18-/m0/s1. The normalized spacial score (nSPS) is 25.0. The summed E-state index contributed by atoms with van der Waals surface area (Å²) in [4.78, 5) is 27.8. The van der Waals surface area contributed by atoms with Crippen molar-refractivity contribution in [2.45, 2.75) is 32.2 Å². The highest BCUT2D eigenvalue weighted by atomic mass is 16.3. The first-order valence-electron chi connectivity index (χ1n) is 8.32. The number of aliphatic hydroxyl groups excluding tert-OH is 1. The number of carbonyl (C=O) groups is 2. The Kier molecular flexibility index (Phi) is 4.66. The van der Waals surface area contributed by atoms with Crippen LogP contribution in [0.15, 0.2) is 30.3 Å². The van der Waals surface area contributed by atoms with Gasteiger partial charge in [-0.1, -0.05) is 30.3 Å². The maximum atomic E-state index is 12.3. The molecule has 1 N–H and O–H groups in total. The van der Waals surface area contributed by atoms with Crippen LogP contribution in [-0.2, 0) is 16.1 Å². The fraction of sp³-hybridized carbons (Fsp3) is 0.556. The third-order valence-electron chi connectivity index (χ3n) is 5.11. The Bertz CT molecular complexity index is 575. The number of hydrogen-bond acceptors (Lipinski definition) is 3. The van der Waals surface area contributed by atoms with E-state index in [1.807, 2.05) is 35.2 Å². The molecule has 2 fully saturated rings. The molecule has 124 valence electrons. The van der Waals surface area contributed by atoms with Crippen LogP contribution < -0.4 is 0 Å². The molecule has 2 aliphatic heterocycles. The van der Waals surface area contributed by atoms with E-state index in [9.17, 15) is 9.59 Å². The van der Waals surface area contributed by atoms with Crippen LogP contribution >= 0.6 is 0 Å². The second-order valence-electron chi connectivity index (χ2n) is 6.81. The van der Waals surface area contributed by atoms with Crippen LogP contribution in [-0.4, -0.2) is 53.0 Å². The van der Waals surface area contributed by atoms with Gasteiger partial charge in [0, 0.05) is 38.0 Å². The van der Waals surface area contributed by atoms with Crippen molar-refractivity contribution < 1.29 is 14.7 Å². The fourth-order valence-electron chi connectivity index (χ4n) is 3.90. The summed E-state index contributed by atoms with van der Waals surface area (Å²) in [6.45, 7) is 2.28. The minimum atomic E-state index is -0.428. The number of benzene rings is 1. The van der Waals surface area contributed by atoms with E-state index in [0.717, 1.165) is 24.8 Å². The first kappa shape index (κ1) is 16.0. The second kappa shape index (κ2) is 6.71. The average Bonchev–Trinajstić information content (AvgIpc) is 2.59. The van der Waals surface area contributed by atoms with Crippen molar-refractivity contribution >= 4 is 11.8 Å². The number of piperidine rings is 2. The Morgan fingerprint density at radius 3 is 2.70 bits per heavy atom. The second-order valence-corrected chi connectivity index (χ2v) is 6.81. The van der Waals surface area contributed by atoms with Gasteiger partial charge >= 0.3 is 0 Å². The van der Waals surface area contributed by atoms with Gasteiger partial charge in [0.25, 0.3) is 0 Å². The molecule has 2 saturated heterocycles. The van der Waals surface area contributed by atoms with E-state index in [1.165, 1.54) is 0 Å². The number of likely N-dealkylation sites (tertiary alicyclic amines) is 2. The smallest absolute Gasteiger partial charge is 0.248 e. The van der Waals surface area contributed by atoms with Crippen molar-refractivity contribution in [3.63, 3.8) is 0 Å². The van der Waals surface area contributed by atoms with E-state index in [1.54, 1.807) is 4.90 Å². The lowest BCUT2D eigenvalue weighted by molar-refractivity contribution is -0.144. The third-order valence-corrected chi connectivity index (χ3v) is 5.11. The van der Waals surface area contributed by atoms with Crippen molar-refractivity contribution in [1.82, 2.24) is 9.80 Å². The van der Waals surface area contributed by atoms with E-state index in [0.29, 0.717) is 32.6 Å². The molecule has 2 heterocycles. The van der Waals surface area contributed by atoms with Gasteiger partial charge in [0.15, 0.2) is 0 Å². The van der Waals surface area contributed by atoms with Crippen LogP contribution in [0.25, 0.3) is 0 Å². The molecular formula is C18H24N2O3. The highest BCUT2D eigenvalue weighted by molar-refractivity contribution is 5.78. The van der Waals surface area contributed by atoms with Gasteiger partial charge < -0.3 is 14.9 Å². The largest absolute Gasteiger partial charge is 0.387 e. The summed E-state index contributed by atoms with van der Waals surface area (Å²) in [5, 5.41) is 9.11. The number of hydrogen-bond donors (Lipinski definition) is 1. The zero-order valence-corrected chi connectivity index (χ0v) is 13.4. The molecule has 1 spiro atoms. The first-order valence-corrected chi connectivity index (χ1v) is 8.32. The summed E-state index contributed by atoms with van der Waals surface area (Å²) in [5.41, 5.74) is 1.13. The molecule has 0 unspecified atom stereocenters. The Morgan fingerprint density at radius 1 is 1.17 bits per heavy atom. The molecule has 2 aliphatic rings. The molecule has 0 radical (unpaired) electrons. The third kappa shape index (κ3) is 3.55. The van der Waals surface area contributed by atoms with E-state index in [2.05, 4.69) is 0 Å². The number of nitrogens with zero attached hydrogens (tertiary/aromatic N) is 2. The minimum absolute atomic E-state index is 0.00816. The van der Waals surface area contributed by atoms with Crippen LogP contribution in [0, 0.1) is 5.41 Å². The summed E-state index contributed by atoms with van der Waals surface area (Å²) >= 11 is 0. The maximum Gasteiger partial charge on any atom is 0.248 e. The van der Waals surface area contributed by atoms with Crippen molar-refractivity contribution in [3.05, 3.63) is 35.9 Å². The van der Waals surface area contributed by atoms with Gasteiger partial charge in [0.05, 0.1) is 0 Å². The fourth-order valence-corrected chi connectivity index (χ4v) is 3.90. The van der Waals surface area contributed by atoms with Crippen LogP contribution in [0.4, 0.5) is 0 Å². The van der Waals surface area contributed by atoms with Crippen molar-refractivity contribution in [2.75, 3.05) is 26.2 Å². The van der Waals surface area contributed by atoms with Gasteiger partial charge in [0.2, 0.25) is 11.8 Å². The van der Waals surface area contributed by atoms with Gasteiger partial charge in [0.1, 0.15) is 6.61 Å². The van der Waals surface area contributed by atoms with E-state index in [4.69, 9.17) is 5.11 Å². The summed E-state index contributed by atoms with van der Waals surface area (Å²) < 4.78 is 0. The monoisotopic (exact) mass is 316 g/mol. The van der Waals surface area contributed by atoms with Crippen LogP contribution in [0.1, 0.15) is 31.2 Å². The van der Waals surface area contributed by atoms with Gasteiger partial charge in [-0.3, -0.25) is 9.59 Å². The molecule has 0 aliphatic carbocycles. The maximum absolute atomic E-state index is 12.3. The van der Waals surface area contributed by atoms with E-state index >= 15 is 0 Å². The van der Waals surface area contributed by atoms with E-state index < -0.39 is 6.61 Å². The molecule has 0 aromatic heterocycles. The molecule has 1 aromatic rings. The number of amides is 2. The predicted molar refractivity (Wildman–Crippen MR) is 86.4 cm³/mol. The van der Waals surface area contributed by atoms with Gasteiger partial charge in [-0.25, -0.2) is 0 Å². The van der Waals surface area contributed by atoms with Gasteiger partial charge in [-0.15, -0.1) is 0 Å². The van der Waals surface area contributed by atoms with Crippen LogP contribution in [0.5, 0.6) is 0 Å². The summed E-state index contributed by atoms with van der Waals surface area (Å²) in [7, 11) is 0. The molecule has 0 saturated carbocycles. The molecule has 0 bridgehead atoms. The lowest BCUT2D eigenvalue weighted by Crippen LogP contribution is -2.55. The Morgan fingerprint density at radius 2 is 1.96 bits per heavy atom. The van der Waals surface area contributed by atoms with Gasteiger partial charge in [-0.05, 0) is 24.8 Å². The molecule has 1 atom stereocenters. The quantitative estimate of drug-likeness (QED) is 0.917. The van der Waals surface area contributed by atoms with Crippen LogP contribution in [0.3, 0.4) is 0 Å². The lowest BCUT2D eigenvalue weighted by Gasteiger charge is -2.48. The predicted octanol–water partition coefficient (Wildman–Crippen LogP) is 1.41. The molecule has 5 heteroatoms. The lowest BCUT2D eigenvalue weighted by atomic mass is 9.73. The highest BCUT2D eigenvalue weighted by Crippen LogP contribution is 2.39. The minimum Gasteiger partial charge on any atom is -0.387 e. The van der Waals surface area contributed by atoms with Crippen molar-refractivity contribution in [1.29, 1.82) is 0 Å². The number of aliphatic hydroxyl groups is 1. The SMILES string of the molecule is O=C(CO)N1CCC[C@]2(CCC(=O)N(Cc3ccccc3)C2)C1. The highest BCUT2D eigenvalue weighted by Gasteiger charge is 2.42. The Balaban J connectivity index is 1.71. The summed E-state index contributed by atoms with van der Waals surface area (Å²) in [6, 6.07) is 10.0. The van der Waals surface area contributed by atoms with Crippen LogP contribution in [0.2, 0.25) is 0 Å². The molecule has 1 aromatic carbocycles. The molecule has 5 nitrogen and oxygen atoms in total. The first-order chi connectivity index (χ1) is 11.1. The zero-order chi connectivity index (χ0) is 16.3. The van der Waals surface area contributed by atoms with Crippen molar-refractivity contribution in [3.8, 4) is 0 Å². The molecule has 23 heavy (non-hydrogen) atoms. The summed E-state index contributed by atoms with van der Waals surface area (Å²) in [5.74, 6) is 0.000621. The Hall–Kier alpha value is -1.88. The van der Waals surface area contributed by atoms with Gasteiger partial charge in [-0.2, -0.15) is 0 Å². The Labute approximate surface area is 136 Å². The molecule has 2 amide bonds. The summed E-state index contributed by atoms with van der Waals surface area (Å²) in [6.07, 6.45) is 3.38. The number of rotatable bonds is 3. The van der Waals surface area contributed by atoms with E-state index in [-0.39, 0.29) is 17.2 Å². The number of carbonyl (C=O) groups excluding carboxylic acids is 2. The molecular weight excluding hydrogens is 292 g/mol. The molecule has 3 rings (SSSR count). The zero-order valence-electron chi connectivity index (χ0n) is 13.4.